The quantitative estimate of drug-likeness (QED) is 0.573. The SMILES string of the molecule is CCCCOC(=O)N1C2CCC1CC(OS(C)(=O)=O)C2. The molecule has 2 aliphatic heterocycles. The van der Waals surface area contributed by atoms with Gasteiger partial charge < -0.3 is 9.64 Å². The van der Waals surface area contributed by atoms with Gasteiger partial charge in [-0.1, -0.05) is 13.3 Å². The Morgan fingerprint density at radius 2 is 1.85 bits per heavy atom. The van der Waals surface area contributed by atoms with E-state index in [1.165, 1.54) is 0 Å². The van der Waals surface area contributed by atoms with E-state index >= 15 is 0 Å². The third-order valence-electron chi connectivity index (χ3n) is 3.93. The van der Waals surface area contributed by atoms with E-state index in [1.807, 2.05) is 6.92 Å². The lowest BCUT2D eigenvalue weighted by molar-refractivity contribution is 0.0354. The lowest BCUT2D eigenvalue weighted by Crippen LogP contribution is -2.49. The van der Waals surface area contributed by atoms with Crippen molar-refractivity contribution in [1.82, 2.24) is 4.90 Å². The van der Waals surface area contributed by atoms with Gasteiger partial charge in [-0.15, -0.1) is 0 Å². The van der Waals surface area contributed by atoms with Crippen molar-refractivity contribution in [3.63, 3.8) is 0 Å². The summed E-state index contributed by atoms with van der Waals surface area (Å²) in [5, 5.41) is 0. The van der Waals surface area contributed by atoms with Crippen LogP contribution in [0.15, 0.2) is 0 Å². The van der Waals surface area contributed by atoms with Crippen molar-refractivity contribution in [2.24, 2.45) is 0 Å². The number of ether oxygens (including phenoxy) is 1. The van der Waals surface area contributed by atoms with Gasteiger partial charge in [-0.25, -0.2) is 4.79 Å². The number of piperidine rings is 1. The molecule has 2 saturated heterocycles. The smallest absolute Gasteiger partial charge is 0.410 e. The van der Waals surface area contributed by atoms with Crippen molar-refractivity contribution in [1.29, 1.82) is 0 Å². The van der Waals surface area contributed by atoms with Gasteiger partial charge in [0.1, 0.15) is 0 Å². The molecule has 0 spiro atoms. The summed E-state index contributed by atoms with van der Waals surface area (Å²) in [6.07, 6.45) is 5.32. The molecule has 0 aromatic rings. The first kappa shape index (κ1) is 15.6. The maximum absolute atomic E-state index is 12.1. The molecule has 1 amide bonds. The minimum atomic E-state index is -3.43. The van der Waals surface area contributed by atoms with E-state index in [9.17, 15) is 13.2 Å². The number of rotatable bonds is 5. The van der Waals surface area contributed by atoms with Crippen LogP contribution in [0.1, 0.15) is 45.4 Å². The predicted octanol–water partition coefficient (Wildman–Crippen LogP) is 1.89. The van der Waals surface area contributed by atoms with Crippen LogP contribution in [0.2, 0.25) is 0 Å². The molecule has 116 valence electrons. The normalized spacial score (nSPS) is 29.5. The van der Waals surface area contributed by atoms with Crippen LogP contribution < -0.4 is 0 Å². The number of hydrogen-bond acceptors (Lipinski definition) is 5. The highest BCUT2D eigenvalue weighted by Gasteiger charge is 2.45. The second kappa shape index (κ2) is 6.30. The first-order chi connectivity index (χ1) is 9.40. The second-order valence-electron chi connectivity index (χ2n) is 5.65. The molecule has 7 heteroatoms. The van der Waals surface area contributed by atoms with Crippen LogP contribution in [-0.4, -0.2) is 50.5 Å². The summed E-state index contributed by atoms with van der Waals surface area (Å²) >= 11 is 0. The molecule has 2 unspecified atom stereocenters. The van der Waals surface area contributed by atoms with E-state index in [-0.39, 0.29) is 24.3 Å². The Labute approximate surface area is 120 Å². The highest BCUT2D eigenvalue weighted by atomic mass is 32.2. The van der Waals surface area contributed by atoms with Gasteiger partial charge in [0.05, 0.1) is 19.0 Å². The van der Waals surface area contributed by atoms with E-state index in [0.717, 1.165) is 31.9 Å². The molecule has 0 saturated carbocycles. The average molecular weight is 305 g/mol. The van der Waals surface area contributed by atoms with Gasteiger partial charge in [-0.2, -0.15) is 8.42 Å². The summed E-state index contributed by atoms with van der Waals surface area (Å²) in [4.78, 5) is 13.9. The maximum atomic E-state index is 12.1. The molecule has 0 aliphatic carbocycles. The summed E-state index contributed by atoms with van der Waals surface area (Å²) in [6.45, 7) is 2.50. The fourth-order valence-corrected chi connectivity index (χ4v) is 3.78. The minimum Gasteiger partial charge on any atom is -0.449 e. The third-order valence-corrected chi connectivity index (χ3v) is 4.56. The van der Waals surface area contributed by atoms with Crippen LogP contribution in [0.25, 0.3) is 0 Å². The zero-order valence-electron chi connectivity index (χ0n) is 12.1. The average Bonchev–Trinajstić information content (AvgIpc) is 2.60. The van der Waals surface area contributed by atoms with Crippen molar-refractivity contribution in [2.75, 3.05) is 12.9 Å². The van der Waals surface area contributed by atoms with E-state index < -0.39 is 10.1 Å². The zero-order chi connectivity index (χ0) is 14.8. The molecule has 2 fully saturated rings. The number of hydrogen-bond donors (Lipinski definition) is 0. The first-order valence-electron chi connectivity index (χ1n) is 7.24. The van der Waals surface area contributed by atoms with Gasteiger partial charge in [0.25, 0.3) is 10.1 Å². The van der Waals surface area contributed by atoms with E-state index in [4.69, 9.17) is 8.92 Å². The Balaban J connectivity index is 1.91. The standard InChI is InChI=1S/C13H23NO5S/c1-3-4-7-18-13(15)14-10-5-6-11(14)9-12(8-10)19-20(2,16)17/h10-12H,3-9H2,1-2H3. The third kappa shape index (κ3) is 3.85. The van der Waals surface area contributed by atoms with Crippen molar-refractivity contribution in [2.45, 2.75) is 63.6 Å². The van der Waals surface area contributed by atoms with E-state index in [0.29, 0.717) is 19.4 Å². The number of carbonyl (C=O) groups excluding carboxylic acids is 1. The molecule has 2 aliphatic rings. The molecule has 6 nitrogen and oxygen atoms in total. The summed E-state index contributed by atoms with van der Waals surface area (Å²) in [5.41, 5.74) is 0. The summed E-state index contributed by atoms with van der Waals surface area (Å²) in [5.74, 6) is 0. The largest absolute Gasteiger partial charge is 0.449 e. The van der Waals surface area contributed by atoms with Crippen LogP contribution in [0.4, 0.5) is 4.79 Å². The summed E-state index contributed by atoms with van der Waals surface area (Å²) < 4.78 is 32.7. The Kier molecular flexibility index (Phi) is 4.90. The molecular formula is C13H23NO5S. The number of carbonyl (C=O) groups is 1. The Hall–Kier alpha value is -0.820. The summed E-state index contributed by atoms with van der Waals surface area (Å²) in [6, 6.07) is 0.101. The monoisotopic (exact) mass is 305 g/mol. The van der Waals surface area contributed by atoms with Crippen LogP contribution >= 0.6 is 0 Å². The fraction of sp³-hybridized carbons (Fsp3) is 0.923. The van der Waals surface area contributed by atoms with Gasteiger partial charge in [-0.05, 0) is 32.1 Å². The van der Waals surface area contributed by atoms with Gasteiger partial charge in [-0.3, -0.25) is 4.18 Å². The number of unbranched alkanes of at least 4 members (excludes halogenated alkanes) is 1. The van der Waals surface area contributed by atoms with Crippen molar-refractivity contribution < 1.29 is 22.1 Å². The van der Waals surface area contributed by atoms with Gasteiger partial charge >= 0.3 is 6.09 Å². The molecule has 0 N–H and O–H groups in total. The number of nitrogens with zero attached hydrogens (tertiary/aromatic N) is 1. The molecular weight excluding hydrogens is 282 g/mol. The minimum absolute atomic E-state index is 0.0506. The molecule has 20 heavy (non-hydrogen) atoms. The molecule has 0 radical (unpaired) electrons. The molecule has 2 heterocycles. The second-order valence-corrected chi connectivity index (χ2v) is 7.25. The van der Waals surface area contributed by atoms with Crippen molar-refractivity contribution in [3.05, 3.63) is 0 Å². The molecule has 2 bridgehead atoms. The highest BCUT2D eigenvalue weighted by Crippen LogP contribution is 2.37. The Morgan fingerprint density at radius 3 is 2.35 bits per heavy atom. The molecule has 0 aromatic heterocycles. The highest BCUT2D eigenvalue weighted by molar-refractivity contribution is 7.86. The number of amides is 1. The van der Waals surface area contributed by atoms with Gasteiger partial charge in [0.15, 0.2) is 0 Å². The molecule has 2 atom stereocenters. The van der Waals surface area contributed by atoms with Crippen LogP contribution in [0.3, 0.4) is 0 Å². The number of fused-ring (bicyclic) bond motifs is 2. The molecule has 0 aromatic carbocycles. The van der Waals surface area contributed by atoms with E-state index in [1.54, 1.807) is 4.90 Å². The molecule has 2 rings (SSSR count). The Morgan fingerprint density at radius 1 is 1.25 bits per heavy atom. The lowest BCUT2D eigenvalue weighted by atomic mass is 10.0. The van der Waals surface area contributed by atoms with Gasteiger partial charge in [0, 0.05) is 12.1 Å². The van der Waals surface area contributed by atoms with Crippen molar-refractivity contribution >= 4 is 16.2 Å². The summed E-state index contributed by atoms with van der Waals surface area (Å²) in [7, 11) is -3.43. The Bertz CT molecular complexity index is 436. The zero-order valence-corrected chi connectivity index (χ0v) is 12.9. The first-order valence-corrected chi connectivity index (χ1v) is 9.05. The van der Waals surface area contributed by atoms with Crippen molar-refractivity contribution in [3.8, 4) is 0 Å². The van der Waals surface area contributed by atoms with Gasteiger partial charge in [0.2, 0.25) is 0 Å². The maximum Gasteiger partial charge on any atom is 0.410 e. The lowest BCUT2D eigenvalue weighted by Gasteiger charge is -2.37. The topological polar surface area (TPSA) is 72.9 Å². The van der Waals surface area contributed by atoms with Crippen LogP contribution in [0, 0.1) is 0 Å². The van der Waals surface area contributed by atoms with E-state index in [2.05, 4.69) is 0 Å². The predicted molar refractivity (Wildman–Crippen MR) is 73.9 cm³/mol. The van der Waals surface area contributed by atoms with Crippen LogP contribution in [-0.2, 0) is 19.0 Å². The van der Waals surface area contributed by atoms with Crippen LogP contribution in [0.5, 0.6) is 0 Å². The fourth-order valence-electron chi connectivity index (χ4n) is 3.13.